The fourth-order valence-electron chi connectivity index (χ4n) is 2.23. The molecule has 0 fully saturated rings. The van der Waals surface area contributed by atoms with Crippen LogP contribution in [0.4, 0.5) is 0 Å². The summed E-state index contributed by atoms with van der Waals surface area (Å²) in [5.41, 5.74) is 2.66. The van der Waals surface area contributed by atoms with Crippen LogP contribution < -0.4 is 0 Å². The Hall–Kier alpha value is -2.48. The second-order valence-corrected chi connectivity index (χ2v) is 4.99. The number of carbonyl (C=O) groups is 1. The van der Waals surface area contributed by atoms with Crippen LogP contribution in [0.3, 0.4) is 0 Å². The molecule has 3 rings (SSSR count). The monoisotopic (exact) mass is 261 g/mol. The van der Waals surface area contributed by atoms with E-state index in [-0.39, 0.29) is 5.78 Å². The first-order valence-electron chi connectivity index (χ1n) is 6.66. The molecule has 0 saturated heterocycles. The third-order valence-electron chi connectivity index (χ3n) is 3.39. The van der Waals surface area contributed by atoms with E-state index in [0.717, 1.165) is 27.6 Å². The Kier molecular flexibility index (Phi) is 3.30. The van der Waals surface area contributed by atoms with Gasteiger partial charge in [0.25, 0.3) is 0 Å². The Morgan fingerprint density at radius 1 is 1.00 bits per heavy atom. The van der Waals surface area contributed by atoms with Crippen molar-refractivity contribution in [3.8, 4) is 0 Å². The summed E-state index contributed by atoms with van der Waals surface area (Å²) in [6, 6.07) is 17.8. The average molecular weight is 261 g/mol. The first kappa shape index (κ1) is 12.5. The molecule has 0 amide bonds. The third kappa shape index (κ3) is 2.59. The maximum atomic E-state index is 12.3. The smallest absolute Gasteiger partial charge is 0.168 e. The van der Waals surface area contributed by atoms with Gasteiger partial charge in [-0.3, -0.25) is 9.78 Å². The number of fused-ring (bicyclic) bond motifs is 1. The molecule has 0 aliphatic carbocycles. The summed E-state index contributed by atoms with van der Waals surface area (Å²) in [6.07, 6.45) is 2.14. The van der Waals surface area contributed by atoms with E-state index >= 15 is 0 Å². The Labute approximate surface area is 118 Å². The van der Waals surface area contributed by atoms with Crippen molar-refractivity contribution in [1.29, 1.82) is 0 Å². The summed E-state index contributed by atoms with van der Waals surface area (Å²) in [5.74, 6) is 0.104. The lowest BCUT2D eigenvalue weighted by atomic mass is 10.0. The zero-order chi connectivity index (χ0) is 13.9. The zero-order valence-corrected chi connectivity index (χ0v) is 11.3. The molecule has 1 heterocycles. The van der Waals surface area contributed by atoms with Gasteiger partial charge >= 0.3 is 0 Å². The summed E-state index contributed by atoms with van der Waals surface area (Å²) in [7, 11) is 0. The number of aryl methyl sites for hydroxylation is 1. The summed E-state index contributed by atoms with van der Waals surface area (Å²) in [5, 5.41) is 2.24. The van der Waals surface area contributed by atoms with Crippen molar-refractivity contribution in [3.63, 3.8) is 0 Å². The molecular weight excluding hydrogens is 246 g/mol. The lowest BCUT2D eigenvalue weighted by Gasteiger charge is -2.03. The minimum absolute atomic E-state index is 0.104. The highest BCUT2D eigenvalue weighted by Gasteiger charge is 2.08. The van der Waals surface area contributed by atoms with Gasteiger partial charge in [0.05, 0.1) is 6.42 Å². The molecule has 20 heavy (non-hydrogen) atoms. The van der Waals surface area contributed by atoms with Gasteiger partial charge in [-0.25, -0.2) is 0 Å². The molecule has 0 aliphatic heterocycles. The number of pyridine rings is 1. The molecule has 0 saturated carbocycles. The van der Waals surface area contributed by atoms with E-state index in [2.05, 4.69) is 4.98 Å². The Morgan fingerprint density at radius 3 is 2.55 bits per heavy atom. The van der Waals surface area contributed by atoms with Crippen molar-refractivity contribution in [2.45, 2.75) is 13.3 Å². The van der Waals surface area contributed by atoms with E-state index in [1.54, 1.807) is 6.20 Å². The van der Waals surface area contributed by atoms with Gasteiger partial charge in [0.15, 0.2) is 5.78 Å². The third-order valence-corrected chi connectivity index (χ3v) is 3.39. The molecule has 0 unspecified atom stereocenters. The molecule has 2 heteroatoms. The molecule has 1 aromatic heterocycles. The average Bonchev–Trinajstić information content (AvgIpc) is 2.49. The van der Waals surface area contributed by atoms with Crippen molar-refractivity contribution >= 4 is 16.6 Å². The Morgan fingerprint density at radius 2 is 1.80 bits per heavy atom. The number of rotatable bonds is 3. The normalized spacial score (nSPS) is 10.7. The molecule has 2 nitrogen and oxygen atoms in total. The SMILES string of the molecule is Cc1ccc(CC(=O)c2ccc3ccccc3c2)nc1. The van der Waals surface area contributed by atoms with E-state index in [1.165, 1.54) is 0 Å². The lowest BCUT2D eigenvalue weighted by molar-refractivity contribution is 0.0992. The number of carbonyl (C=O) groups excluding carboxylic acids is 1. The summed E-state index contributed by atoms with van der Waals surface area (Å²) < 4.78 is 0. The molecule has 0 N–H and O–H groups in total. The predicted octanol–water partition coefficient (Wildman–Crippen LogP) is 3.97. The molecular formula is C18H15NO. The molecule has 3 aromatic rings. The zero-order valence-electron chi connectivity index (χ0n) is 11.3. The van der Waals surface area contributed by atoms with Crippen LogP contribution in [0.5, 0.6) is 0 Å². The van der Waals surface area contributed by atoms with Crippen LogP contribution in [-0.4, -0.2) is 10.8 Å². The van der Waals surface area contributed by atoms with E-state index in [4.69, 9.17) is 0 Å². The molecule has 98 valence electrons. The quantitative estimate of drug-likeness (QED) is 0.668. The summed E-state index contributed by atoms with van der Waals surface area (Å²) in [4.78, 5) is 16.6. The second-order valence-electron chi connectivity index (χ2n) is 4.99. The number of hydrogen-bond acceptors (Lipinski definition) is 2. The molecule has 0 radical (unpaired) electrons. The summed E-state index contributed by atoms with van der Waals surface area (Å²) >= 11 is 0. The first-order chi connectivity index (χ1) is 9.72. The van der Waals surface area contributed by atoms with Crippen LogP contribution in [0.15, 0.2) is 60.8 Å². The van der Waals surface area contributed by atoms with Crippen LogP contribution in [-0.2, 0) is 6.42 Å². The van der Waals surface area contributed by atoms with Crippen LogP contribution in [0.1, 0.15) is 21.6 Å². The van der Waals surface area contributed by atoms with Crippen LogP contribution in [0, 0.1) is 6.92 Å². The molecule has 0 atom stereocenters. The fourth-order valence-corrected chi connectivity index (χ4v) is 2.23. The van der Waals surface area contributed by atoms with Crippen molar-refractivity contribution in [2.75, 3.05) is 0 Å². The number of ketones is 1. The maximum absolute atomic E-state index is 12.3. The number of nitrogens with zero attached hydrogens (tertiary/aromatic N) is 1. The van der Waals surface area contributed by atoms with Gasteiger partial charge in [-0.1, -0.05) is 42.5 Å². The van der Waals surface area contributed by atoms with Crippen molar-refractivity contribution < 1.29 is 4.79 Å². The minimum Gasteiger partial charge on any atom is -0.294 e. The van der Waals surface area contributed by atoms with E-state index in [9.17, 15) is 4.79 Å². The van der Waals surface area contributed by atoms with Crippen molar-refractivity contribution in [3.05, 3.63) is 77.6 Å². The number of aromatic nitrogens is 1. The first-order valence-corrected chi connectivity index (χ1v) is 6.66. The van der Waals surface area contributed by atoms with E-state index < -0.39 is 0 Å². The van der Waals surface area contributed by atoms with Gasteiger partial charge in [-0.05, 0) is 35.4 Å². The summed E-state index contributed by atoms with van der Waals surface area (Å²) in [6.45, 7) is 1.99. The van der Waals surface area contributed by atoms with E-state index in [0.29, 0.717) is 6.42 Å². The highest BCUT2D eigenvalue weighted by atomic mass is 16.1. The number of benzene rings is 2. The van der Waals surface area contributed by atoms with E-state index in [1.807, 2.05) is 61.5 Å². The standard InChI is InChI=1S/C18H15NO/c1-13-6-9-17(19-12-13)11-18(20)16-8-7-14-4-2-3-5-15(14)10-16/h2-10,12H,11H2,1H3. The van der Waals surface area contributed by atoms with Gasteiger partial charge < -0.3 is 0 Å². The van der Waals surface area contributed by atoms with Crippen LogP contribution in [0.25, 0.3) is 10.8 Å². The van der Waals surface area contributed by atoms with Crippen LogP contribution in [0.2, 0.25) is 0 Å². The molecule has 0 spiro atoms. The van der Waals surface area contributed by atoms with Crippen molar-refractivity contribution in [1.82, 2.24) is 4.98 Å². The Balaban J connectivity index is 1.86. The molecule has 0 aliphatic rings. The number of Topliss-reactive ketones (excluding diaryl/α,β-unsaturated/α-hetero) is 1. The Bertz CT molecular complexity index is 760. The molecule has 2 aromatic carbocycles. The van der Waals surface area contributed by atoms with Gasteiger partial charge in [-0.2, -0.15) is 0 Å². The molecule has 0 bridgehead atoms. The highest BCUT2D eigenvalue weighted by molar-refractivity contribution is 6.00. The van der Waals surface area contributed by atoms with Gasteiger partial charge in [0, 0.05) is 17.5 Å². The second kappa shape index (κ2) is 5.25. The maximum Gasteiger partial charge on any atom is 0.168 e. The topological polar surface area (TPSA) is 30.0 Å². The van der Waals surface area contributed by atoms with Crippen LogP contribution >= 0.6 is 0 Å². The number of hydrogen-bond donors (Lipinski definition) is 0. The van der Waals surface area contributed by atoms with Gasteiger partial charge in [0.1, 0.15) is 0 Å². The fraction of sp³-hybridized carbons (Fsp3) is 0.111. The predicted molar refractivity (Wildman–Crippen MR) is 81.0 cm³/mol. The van der Waals surface area contributed by atoms with Crippen molar-refractivity contribution in [2.24, 2.45) is 0 Å². The minimum atomic E-state index is 0.104. The highest BCUT2D eigenvalue weighted by Crippen LogP contribution is 2.17. The van der Waals surface area contributed by atoms with Gasteiger partial charge in [0.2, 0.25) is 0 Å². The van der Waals surface area contributed by atoms with Gasteiger partial charge in [-0.15, -0.1) is 0 Å². The largest absolute Gasteiger partial charge is 0.294 e. The lowest BCUT2D eigenvalue weighted by Crippen LogP contribution is -2.05.